The average molecular weight is 475 g/mol. The summed E-state index contributed by atoms with van der Waals surface area (Å²) in [5.74, 6) is 1.49. The van der Waals surface area contributed by atoms with Crippen LogP contribution in [0.3, 0.4) is 0 Å². The van der Waals surface area contributed by atoms with E-state index in [9.17, 15) is 4.39 Å². The maximum absolute atomic E-state index is 13.4. The van der Waals surface area contributed by atoms with Crippen LogP contribution >= 0.6 is 0 Å². The molecule has 6 nitrogen and oxygen atoms in total. The second-order valence-electron chi connectivity index (χ2n) is 10.3. The van der Waals surface area contributed by atoms with Crippen LogP contribution in [-0.2, 0) is 22.3 Å². The Hall–Kier alpha value is -2.97. The summed E-state index contributed by atoms with van der Waals surface area (Å²) < 4.78 is 32.1. The quantitative estimate of drug-likeness (QED) is 0.527. The number of hydrogen-bond donors (Lipinski definition) is 0. The predicted octanol–water partition coefficient (Wildman–Crippen LogP) is 4.21. The first kappa shape index (κ1) is 23.8. The number of anilines is 1. The summed E-state index contributed by atoms with van der Waals surface area (Å²) >= 11 is 0. The SMILES string of the molecule is Cc1ncnc(N2CCOc3ccc(B4OC(C)(C)C(C)(C)O4)cc3C2)c1Cc1ccc(F)cc1. The van der Waals surface area contributed by atoms with Crippen molar-refractivity contribution in [2.75, 3.05) is 18.1 Å². The molecule has 0 atom stereocenters. The lowest BCUT2D eigenvalue weighted by Crippen LogP contribution is -2.41. The number of aromatic nitrogens is 2. The Bertz CT molecular complexity index is 1220. The summed E-state index contributed by atoms with van der Waals surface area (Å²) in [5.41, 5.74) is 4.18. The fourth-order valence-corrected chi connectivity index (χ4v) is 4.49. The summed E-state index contributed by atoms with van der Waals surface area (Å²) in [4.78, 5) is 11.3. The summed E-state index contributed by atoms with van der Waals surface area (Å²) in [6.45, 7) is 12.1. The van der Waals surface area contributed by atoms with E-state index in [1.807, 2.05) is 31.2 Å². The van der Waals surface area contributed by atoms with Crippen molar-refractivity contribution in [2.24, 2.45) is 0 Å². The summed E-state index contributed by atoms with van der Waals surface area (Å²) in [6.07, 6.45) is 2.23. The molecule has 3 heterocycles. The van der Waals surface area contributed by atoms with Gasteiger partial charge in [0.25, 0.3) is 0 Å². The number of aryl methyl sites for hydroxylation is 1. The molecule has 0 spiro atoms. The molecule has 0 N–H and O–H groups in total. The highest BCUT2D eigenvalue weighted by Crippen LogP contribution is 2.37. The zero-order chi connectivity index (χ0) is 24.8. The van der Waals surface area contributed by atoms with Gasteiger partial charge in [0.2, 0.25) is 0 Å². The predicted molar refractivity (Wildman–Crippen MR) is 135 cm³/mol. The third-order valence-corrected chi connectivity index (χ3v) is 7.32. The number of nitrogens with zero attached hydrogens (tertiary/aromatic N) is 3. The molecule has 0 saturated carbocycles. The van der Waals surface area contributed by atoms with E-state index in [1.54, 1.807) is 6.33 Å². The van der Waals surface area contributed by atoms with Gasteiger partial charge in [0.1, 0.15) is 30.3 Å². The number of ether oxygens (including phenoxy) is 1. The third kappa shape index (κ3) is 4.65. The van der Waals surface area contributed by atoms with Gasteiger partial charge in [-0.2, -0.15) is 0 Å². The first-order chi connectivity index (χ1) is 16.6. The van der Waals surface area contributed by atoms with Crippen LogP contribution < -0.4 is 15.1 Å². The molecule has 0 bridgehead atoms. The van der Waals surface area contributed by atoms with E-state index in [1.165, 1.54) is 12.1 Å². The molecule has 1 aromatic heterocycles. The molecule has 0 amide bonds. The van der Waals surface area contributed by atoms with Crippen molar-refractivity contribution in [1.29, 1.82) is 0 Å². The lowest BCUT2D eigenvalue weighted by Gasteiger charge is -2.32. The van der Waals surface area contributed by atoms with Crippen molar-refractivity contribution in [2.45, 2.75) is 58.8 Å². The fraction of sp³-hybridized carbons (Fsp3) is 0.407. The highest BCUT2D eigenvalue weighted by molar-refractivity contribution is 6.62. The lowest BCUT2D eigenvalue weighted by atomic mass is 9.78. The van der Waals surface area contributed by atoms with E-state index < -0.39 is 18.3 Å². The summed E-state index contributed by atoms with van der Waals surface area (Å²) in [6, 6.07) is 12.7. The van der Waals surface area contributed by atoms with E-state index >= 15 is 0 Å². The van der Waals surface area contributed by atoms with Gasteiger partial charge in [-0.25, -0.2) is 14.4 Å². The molecular formula is C27H31BFN3O3. The number of hydrogen-bond acceptors (Lipinski definition) is 6. The Labute approximate surface area is 206 Å². The Morgan fingerprint density at radius 3 is 2.43 bits per heavy atom. The number of benzene rings is 2. The van der Waals surface area contributed by atoms with Gasteiger partial charge in [0.15, 0.2) is 0 Å². The fourth-order valence-electron chi connectivity index (χ4n) is 4.49. The zero-order valence-electron chi connectivity index (χ0n) is 21.0. The molecule has 1 fully saturated rings. The molecule has 182 valence electrons. The molecule has 2 aliphatic heterocycles. The van der Waals surface area contributed by atoms with Crippen molar-refractivity contribution in [1.82, 2.24) is 9.97 Å². The minimum absolute atomic E-state index is 0.242. The van der Waals surface area contributed by atoms with Crippen LogP contribution in [0.1, 0.15) is 50.1 Å². The molecule has 0 unspecified atom stereocenters. The van der Waals surface area contributed by atoms with Crippen LogP contribution in [0.5, 0.6) is 5.75 Å². The molecule has 2 aromatic carbocycles. The molecule has 35 heavy (non-hydrogen) atoms. The molecule has 8 heteroatoms. The van der Waals surface area contributed by atoms with Gasteiger partial charge in [0, 0.05) is 29.8 Å². The van der Waals surface area contributed by atoms with Crippen molar-refractivity contribution in [3.05, 3.63) is 77.0 Å². The number of rotatable bonds is 4. The van der Waals surface area contributed by atoms with Gasteiger partial charge in [-0.15, -0.1) is 0 Å². The van der Waals surface area contributed by atoms with Crippen LogP contribution in [0.15, 0.2) is 48.8 Å². The molecular weight excluding hydrogens is 444 g/mol. The lowest BCUT2D eigenvalue weighted by molar-refractivity contribution is 0.00578. The topological polar surface area (TPSA) is 56.7 Å². The van der Waals surface area contributed by atoms with Crippen LogP contribution in [-0.4, -0.2) is 41.4 Å². The van der Waals surface area contributed by atoms with Gasteiger partial charge in [-0.3, -0.25) is 0 Å². The summed E-state index contributed by atoms with van der Waals surface area (Å²) in [7, 11) is -0.433. The van der Waals surface area contributed by atoms with E-state index in [-0.39, 0.29) is 5.82 Å². The van der Waals surface area contributed by atoms with E-state index in [2.05, 4.69) is 48.6 Å². The minimum atomic E-state index is -0.433. The molecule has 0 aliphatic carbocycles. The highest BCUT2D eigenvalue weighted by atomic mass is 19.1. The maximum atomic E-state index is 13.4. The highest BCUT2D eigenvalue weighted by Gasteiger charge is 2.51. The smallest absolute Gasteiger partial charge is 0.491 e. The van der Waals surface area contributed by atoms with Crippen LogP contribution in [0.4, 0.5) is 10.2 Å². The Balaban J connectivity index is 1.44. The largest absolute Gasteiger partial charge is 0.494 e. The average Bonchev–Trinajstić information content (AvgIpc) is 2.93. The van der Waals surface area contributed by atoms with Crippen molar-refractivity contribution < 1.29 is 18.4 Å². The maximum Gasteiger partial charge on any atom is 0.494 e. The monoisotopic (exact) mass is 475 g/mol. The van der Waals surface area contributed by atoms with Gasteiger partial charge < -0.3 is 18.9 Å². The summed E-state index contributed by atoms with van der Waals surface area (Å²) in [5, 5.41) is 0. The van der Waals surface area contributed by atoms with Crippen molar-refractivity contribution in [3.63, 3.8) is 0 Å². The Morgan fingerprint density at radius 2 is 1.71 bits per heavy atom. The van der Waals surface area contributed by atoms with E-state index in [0.717, 1.165) is 39.4 Å². The molecule has 3 aromatic rings. The molecule has 0 radical (unpaired) electrons. The van der Waals surface area contributed by atoms with Gasteiger partial charge >= 0.3 is 7.12 Å². The normalized spacial score (nSPS) is 18.7. The third-order valence-electron chi connectivity index (χ3n) is 7.32. The second-order valence-corrected chi connectivity index (χ2v) is 10.3. The first-order valence-corrected chi connectivity index (χ1v) is 12.0. The van der Waals surface area contributed by atoms with Gasteiger partial charge in [-0.05, 0) is 63.8 Å². The number of fused-ring (bicyclic) bond motifs is 1. The van der Waals surface area contributed by atoms with E-state index in [4.69, 9.17) is 14.0 Å². The Morgan fingerprint density at radius 1 is 1.00 bits per heavy atom. The van der Waals surface area contributed by atoms with Crippen LogP contribution in [0.25, 0.3) is 0 Å². The van der Waals surface area contributed by atoms with Crippen molar-refractivity contribution >= 4 is 18.4 Å². The zero-order valence-corrected chi connectivity index (χ0v) is 21.0. The molecule has 2 aliphatic rings. The molecule has 1 saturated heterocycles. The van der Waals surface area contributed by atoms with Crippen LogP contribution in [0, 0.1) is 12.7 Å². The number of halogens is 1. The van der Waals surface area contributed by atoms with Gasteiger partial charge in [-0.1, -0.05) is 24.3 Å². The van der Waals surface area contributed by atoms with E-state index in [0.29, 0.717) is 26.1 Å². The van der Waals surface area contributed by atoms with Gasteiger partial charge in [0.05, 0.1) is 17.7 Å². The minimum Gasteiger partial charge on any atom is -0.491 e. The molecule has 5 rings (SSSR count). The van der Waals surface area contributed by atoms with Crippen molar-refractivity contribution in [3.8, 4) is 5.75 Å². The standard InChI is InChI=1S/C27H31BFN3O3/c1-18-23(14-19-6-9-22(29)10-7-19)25(31-17-30-18)32-12-13-33-24-11-8-21(15-20(24)16-32)28-34-26(2,3)27(4,5)35-28/h6-11,15,17H,12-14,16H2,1-5H3. The Kier molecular flexibility index (Phi) is 6.05. The first-order valence-electron chi connectivity index (χ1n) is 12.0. The van der Waals surface area contributed by atoms with Crippen LogP contribution in [0.2, 0.25) is 0 Å². The second kappa shape index (κ2) is 8.92.